The Morgan fingerprint density at radius 1 is 1.29 bits per heavy atom. The number of benzene rings is 1. The topological polar surface area (TPSA) is 18.5 Å². The van der Waals surface area contributed by atoms with Crippen molar-refractivity contribution in [2.45, 2.75) is 62.4 Å². The van der Waals surface area contributed by atoms with Crippen LogP contribution in [0.2, 0.25) is 0 Å². The lowest BCUT2D eigenvalue weighted by molar-refractivity contribution is -0.0955. The van der Waals surface area contributed by atoms with Gasteiger partial charge in [0.05, 0.1) is 23.9 Å². The monoisotopic (exact) mass is 416 g/mol. The molecule has 21 heavy (non-hydrogen) atoms. The molecule has 0 amide bonds. The van der Waals surface area contributed by atoms with Crippen molar-refractivity contribution in [1.82, 2.24) is 0 Å². The van der Waals surface area contributed by atoms with Gasteiger partial charge in [0.1, 0.15) is 0 Å². The van der Waals surface area contributed by atoms with Crippen molar-refractivity contribution in [1.29, 1.82) is 0 Å². The minimum Gasteiger partial charge on any atom is -0.370 e. The van der Waals surface area contributed by atoms with Crippen molar-refractivity contribution >= 4 is 31.9 Å². The summed E-state index contributed by atoms with van der Waals surface area (Å²) in [6, 6.07) is 8.32. The summed E-state index contributed by atoms with van der Waals surface area (Å²) >= 11 is 7.30. The van der Waals surface area contributed by atoms with Crippen LogP contribution in [-0.4, -0.2) is 22.1 Å². The van der Waals surface area contributed by atoms with Crippen LogP contribution < -0.4 is 0 Å². The first-order valence-corrected chi connectivity index (χ1v) is 9.27. The SMILES string of the molecule is CC(C)C12CC(OCc3ccc(Br)cc3)C(C)(CC1Br)O2. The van der Waals surface area contributed by atoms with E-state index >= 15 is 0 Å². The summed E-state index contributed by atoms with van der Waals surface area (Å²) in [6.45, 7) is 7.34. The largest absolute Gasteiger partial charge is 0.370 e. The molecule has 4 heteroatoms. The molecule has 116 valence electrons. The molecule has 2 fully saturated rings. The molecule has 0 aromatic heterocycles. The summed E-state index contributed by atoms with van der Waals surface area (Å²) in [5.41, 5.74) is 0.978. The summed E-state index contributed by atoms with van der Waals surface area (Å²) < 4.78 is 13.8. The van der Waals surface area contributed by atoms with Gasteiger partial charge >= 0.3 is 0 Å². The number of ether oxygens (including phenoxy) is 2. The summed E-state index contributed by atoms with van der Waals surface area (Å²) in [5.74, 6) is 0.491. The molecule has 2 saturated heterocycles. The zero-order valence-electron chi connectivity index (χ0n) is 12.7. The predicted octanol–water partition coefficient (Wildman–Crippen LogP) is 5.08. The number of halogens is 2. The Kier molecular flexibility index (Phi) is 4.28. The molecule has 0 N–H and O–H groups in total. The average molecular weight is 418 g/mol. The Balaban J connectivity index is 1.69. The van der Waals surface area contributed by atoms with E-state index in [1.165, 1.54) is 5.56 Å². The molecule has 2 aliphatic heterocycles. The van der Waals surface area contributed by atoms with Crippen LogP contribution in [0.3, 0.4) is 0 Å². The van der Waals surface area contributed by atoms with Crippen LogP contribution in [0.25, 0.3) is 0 Å². The second-order valence-corrected chi connectivity index (χ2v) is 8.85. The molecule has 4 unspecified atom stereocenters. The van der Waals surface area contributed by atoms with Gasteiger partial charge in [0.15, 0.2) is 0 Å². The highest BCUT2D eigenvalue weighted by Crippen LogP contribution is 2.57. The maximum absolute atomic E-state index is 6.46. The molecule has 1 aromatic carbocycles. The zero-order chi connectivity index (χ0) is 15.3. The normalized spacial score (nSPS) is 38.4. The van der Waals surface area contributed by atoms with E-state index in [-0.39, 0.29) is 17.3 Å². The van der Waals surface area contributed by atoms with Gasteiger partial charge in [0.2, 0.25) is 0 Å². The van der Waals surface area contributed by atoms with Crippen LogP contribution in [-0.2, 0) is 16.1 Å². The maximum atomic E-state index is 6.46. The van der Waals surface area contributed by atoms with Crippen LogP contribution >= 0.6 is 31.9 Å². The third kappa shape index (κ3) is 2.73. The van der Waals surface area contributed by atoms with Crippen LogP contribution in [0, 0.1) is 5.92 Å². The summed E-state index contributed by atoms with van der Waals surface area (Å²) in [4.78, 5) is 0.433. The van der Waals surface area contributed by atoms with Gasteiger partial charge in [-0.1, -0.05) is 57.8 Å². The van der Waals surface area contributed by atoms with Gasteiger partial charge in [-0.2, -0.15) is 0 Å². The second kappa shape index (κ2) is 5.63. The Labute approximate surface area is 143 Å². The molecule has 1 aromatic rings. The quantitative estimate of drug-likeness (QED) is 0.636. The number of rotatable bonds is 4. The van der Waals surface area contributed by atoms with Gasteiger partial charge in [0.25, 0.3) is 0 Å². The van der Waals surface area contributed by atoms with Crippen molar-refractivity contribution in [2.75, 3.05) is 0 Å². The average Bonchev–Trinajstić information content (AvgIpc) is 2.86. The minimum atomic E-state index is -0.159. The highest BCUT2D eigenvalue weighted by atomic mass is 79.9. The van der Waals surface area contributed by atoms with Crippen LogP contribution in [0.4, 0.5) is 0 Å². The van der Waals surface area contributed by atoms with E-state index in [0.29, 0.717) is 17.4 Å². The number of fused-ring (bicyclic) bond motifs is 2. The smallest absolute Gasteiger partial charge is 0.0936 e. The van der Waals surface area contributed by atoms with Crippen LogP contribution in [0.5, 0.6) is 0 Å². The minimum absolute atomic E-state index is 0.0703. The molecular formula is C17H22Br2O2. The lowest BCUT2D eigenvalue weighted by atomic mass is 9.75. The number of alkyl halides is 1. The maximum Gasteiger partial charge on any atom is 0.0936 e. The summed E-state index contributed by atoms with van der Waals surface area (Å²) in [5, 5.41) is 0. The highest BCUT2D eigenvalue weighted by molar-refractivity contribution is 9.10. The molecule has 0 aliphatic carbocycles. The molecule has 2 bridgehead atoms. The first-order chi connectivity index (χ1) is 9.86. The molecule has 3 rings (SSSR count). The Hall–Kier alpha value is 0.1000. The fourth-order valence-corrected chi connectivity index (χ4v) is 5.38. The molecule has 2 heterocycles. The van der Waals surface area contributed by atoms with E-state index in [1.807, 2.05) is 0 Å². The van der Waals surface area contributed by atoms with Crippen molar-refractivity contribution in [3.63, 3.8) is 0 Å². The van der Waals surface area contributed by atoms with E-state index in [4.69, 9.17) is 9.47 Å². The standard InChI is InChI=1S/C17H22Br2O2/c1-11(2)17-9-15(16(3,21-17)8-14(17)19)20-10-12-4-6-13(18)7-5-12/h4-7,11,14-15H,8-10H2,1-3H3. The van der Waals surface area contributed by atoms with Gasteiger partial charge in [-0.15, -0.1) is 0 Å². The van der Waals surface area contributed by atoms with Crippen LogP contribution in [0.15, 0.2) is 28.7 Å². The van der Waals surface area contributed by atoms with Crippen molar-refractivity contribution in [3.05, 3.63) is 34.3 Å². The first-order valence-electron chi connectivity index (χ1n) is 7.56. The summed E-state index contributed by atoms with van der Waals surface area (Å²) in [7, 11) is 0. The third-order valence-electron chi connectivity index (χ3n) is 5.07. The Morgan fingerprint density at radius 2 is 1.95 bits per heavy atom. The molecule has 0 saturated carbocycles. The fourth-order valence-electron chi connectivity index (χ4n) is 3.67. The lowest BCUT2D eigenvalue weighted by Gasteiger charge is -2.35. The van der Waals surface area contributed by atoms with Crippen LogP contribution in [0.1, 0.15) is 39.2 Å². The second-order valence-electron chi connectivity index (χ2n) is 6.83. The van der Waals surface area contributed by atoms with Crippen molar-refractivity contribution < 1.29 is 9.47 Å². The van der Waals surface area contributed by atoms with E-state index in [2.05, 4.69) is 76.9 Å². The van der Waals surface area contributed by atoms with Gasteiger partial charge in [-0.25, -0.2) is 0 Å². The number of hydrogen-bond donors (Lipinski definition) is 0. The fraction of sp³-hybridized carbons (Fsp3) is 0.647. The molecule has 2 aliphatic rings. The van der Waals surface area contributed by atoms with Crippen molar-refractivity contribution in [3.8, 4) is 0 Å². The summed E-state index contributed by atoms with van der Waals surface area (Å²) in [6.07, 6.45) is 2.18. The lowest BCUT2D eigenvalue weighted by Crippen LogP contribution is -2.44. The van der Waals surface area contributed by atoms with Gasteiger partial charge in [0, 0.05) is 15.7 Å². The van der Waals surface area contributed by atoms with Gasteiger partial charge in [-0.05, 0) is 37.0 Å². The van der Waals surface area contributed by atoms with E-state index < -0.39 is 0 Å². The highest BCUT2D eigenvalue weighted by Gasteiger charge is 2.65. The van der Waals surface area contributed by atoms with Gasteiger partial charge in [-0.3, -0.25) is 0 Å². The molecule has 0 radical (unpaired) electrons. The zero-order valence-corrected chi connectivity index (χ0v) is 15.9. The first kappa shape index (κ1) is 16.0. The third-order valence-corrected chi connectivity index (χ3v) is 6.69. The van der Waals surface area contributed by atoms with Gasteiger partial charge < -0.3 is 9.47 Å². The number of hydrogen-bond acceptors (Lipinski definition) is 2. The molecule has 2 nitrogen and oxygen atoms in total. The Morgan fingerprint density at radius 3 is 2.52 bits per heavy atom. The molecular weight excluding hydrogens is 396 g/mol. The predicted molar refractivity (Wildman–Crippen MR) is 91.7 cm³/mol. The molecule has 4 atom stereocenters. The van der Waals surface area contributed by atoms with Crippen molar-refractivity contribution in [2.24, 2.45) is 5.92 Å². The van der Waals surface area contributed by atoms with E-state index in [0.717, 1.165) is 17.3 Å². The van der Waals surface area contributed by atoms with E-state index in [9.17, 15) is 0 Å². The van der Waals surface area contributed by atoms with E-state index in [1.54, 1.807) is 0 Å². The Bertz CT molecular complexity index is 516. The molecule has 0 spiro atoms.